The highest BCUT2D eigenvalue weighted by molar-refractivity contribution is 9.30. The number of rotatable bonds is 5. The maximum absolute atomic E-state index is 5.14. The number of hydrogen-bond acceptors (Lipinski definition) is 1. The van der Waals surface area contributed by atoms with Crippen LogP contribution in [-0.4, -0.2) is 20.9 Å². The van der Waals surface area contributed by atoms with Crippen LogP contribution in [0.15, 0.2) is 17.4 Å². The predicted octanol–water partition coefficient (Wildman–Crippen LogP) is 3.89. The Labute approximate surface area is 126 Å². The monoisotopic (exact) mass is 378 g/mol. The second-order valence-corrected chi connectivity index (χ2v) is 21.7. The molecule has 0 fully saturated rings. The van der Waals surface area contributed by atoms with Crippen LogP contribution in [0.5, 0.6) is 0 Å². The molecule has 7 heteroatoms. The third-order valence-electron chi connectivity index (χ3n) is 2.39. The maximum atomic E-state index is 5.14. The highest BCUT2D eigenvalue weighted by atomic mass is 79.9. The fourth-order valence-corrected chi connectivity index (χ4v) is 1.46. The first kappa shape index (κ1) is 18.3. The number of aliphatic imine (C=N–C) groups is 1. The maximum Gasteiger partial charge on any atom is 0.534 e. The Morgan fingerprint density at radius 3 is 2.35 bits per heavy atom. The van der Waals surface area contributed by atoms with Gasteiger partial charge in [0, 0.05) is 0 Å². The van der Waals surface area contributed by atoms with Gasteiger partial charge < -0.3 is 44.2 Å². The Kier molecular flexibility index (Phi) is 10.8. The van der Waals surface area contributed by atoms with Crippen molar-refractivity contribution in [3.05, 3.63) is 12.4 Å². The smallest absolute Gasteiger partial charge is 0.396 e. The van der Waals surface area contributed by atoms with E-state index in [0.717, 1.165) is 0 Å². The van der Waals surface area contributed by atoms with Crippen LogP contribution in [-0.2, 0) is 0 Å². The first-order chi connectivity index (χ1) is 7.84. The van der Waals surface area contributed by atoms with E-state index in [0.29, 0.717) is 6.04 Å². The molecule has 0 amide bonds. The average molecular weight is 381 g/mol. The van der Waals surface area contributed by atoms with E-state index in [4.69, 9.17) is 30.1 Å². The van der Waals surface area contributed by atoms with Gasteiger partial charge in [0.1, 0.15) is 6.20 Å². The number of unbranched alkanes of at least 4 members (excludes halogenated alkanes) is 2. The van der Waals surface area contributed by atoms with Crippen LogP contribution in [0.3, 0.4) is 0 Å². The molecular formula is C10H19AlBrCl3N2. The van der Waals surface area contributed by atoms with E-state index in [-0.39, 0.29) is 0 Å². The zero-order chi connectivity index (χ0) is 13.3. The molecule has 0 saturated carbocycles. The van der Waals surface area contributed by atoms with Gasteiger partial charge >= 0.3 is 8.49 Å². The summed E-state index contributed by atoms with van der Waals surface area (Å²) in [6.45, 7) is 4.53. The summed E-state index contributed by atoms with van der Waals surface area (Å²) in [5, 5.41) is 0. The SMILES string of the molecule is CCCCCC(C)[NH+]1C=CN=C1.[Cl][Al-]([Cl])([Cl])[Br]. The van der Waals surface area contributed by atoms with Gasteiger partial charge in [-0.2, -0.15) is 0 Å². The van der Waals surface area contributed by atoms with Crippen molar-refractivity contribution in [3.8, 4) is 0 Å². The lowest BCUT2D eigenvalue weighted by Gasteiger charge is -2.14. The van der Waals surface area contributed by atoms with Gasteiger partial charge in [-0.15, -0.1) is 0 Å². The van der Waals surface area contributed by atoms with Crippen LogP contribution in [0.1, 0.15) is 39.5 Å². The molecule has 1 aliphatic rings. The lowest BCUT2D eigenvalue weighted by Crippen LogP contribution is -3.09. The zero-order valence-corrected chi connectivity index (χ0v) is 15.2. The molecule has 1 aliphatic heterocycles. The first-order valence-corrected chi connectivity index (χ1v) is 14.2. The fourth-order valence-electron chi connectivity index (χ4n) is 1.46. The van der Waals surface area contributed by atoms with Crippen molar-refractivity contribution in [2.24, 2.45) is 4.99 Å². The molecule has 2 atom stereocenters. The van der Waals surface area contributed by atoms with Gasteiger partial charge in [0.2, 0.25) is 0 Å². The molecule has 0 bridgehead atoms. The average Bonchev–Trinajstić information content (AvgIpc) is 2.68. The van der Waals surface area contributed by atoms with Crippen molar-refractivity contribution in [2.75, 3.05) is 0 Å². The van der Waals surface area contributed by atoms with E-state index in [1.165, 1.54) is 30.6 Å². The van der Waals surface area contributed by atoms with Crippen LogP contribution in [0.25, 0.3) is 0 Å². The van der Waals surface area contributed by atoms with E-state index in [9.17, 15) is 0 Å². The largest absolute Gasteiger partial charge is 0.534 e. The molecular weight excluding hydrogens is 361 g/mol. The summed E-state index contributed by atoms with van der Waals surface area (Å²) in [7, 11) is 12.8. The third kappa shape index (κ3) is 13.5. The Morgan fingerprint density at radius 1 is 1.35 bits per heavy atom. The highest BCUT2D eigenvalue weighted by Gasteiger charge is 2.14. The summed E-state index contributed by atoms with van der Waals surface area (Å²) in [5.41, 5.74) is 0. The minimum Gasteiger partial charge on any atom is -0.396 e. The van der Waals surface area contributed by atoms with Crippen LogP contribution in [0.4, 0.5) is 0 Å². The van der Waals surface area contributed by atoms with E-state index >= 15 is 0 Å². The molecule has 0 saturated heterocycles. The molecule has 1 heterocycles. The van der Waals surface area contributed by atoms with Crippen LogP contribution in [0, 0.1) is 0 Å². The molecule has 1 rings (SSSR count). The van der Waals surface area contributed by atoms with Gasteiger partial charge in [-0.05, 0) is 19.8 Å². The van der Waals surface area contributed by atoms with Crippen molar-refractivity contribution in [1.82, 2.24) is 0 Å². The Morgan fingerprint density at radius 2 is 1.94 bits per heavy atom. The Bertz CT molecular complexity index is 238. The molecule has 0 aromatic heterocycles. The second kappa shape index (κ2) is 10.1. The minimum atomic E-state index is -2.60. The number of nitrogens with zero attached hydrogens (tertiary/aromatic N) is 1. The molecule has 0 aromatic rings. The van der Waals surface area contributed by atoms with Gasteiger partial charge in [-0.3, -0.25) is 4.90 Å². The highest BCUT2D eigenvalue weighted by Crippen LogP contribution is 2.25. The zero-order valence-electron chi connectivity index (χ0n) is 10.2. The molecule has 0 aromatic carbocycles. The van der Waals surface area contributed by atoms with Gasteiger partial charge in [0.05, 0.1) is 12.2 Å². The van der Waals surface area contributed by atoms with Gasteiger partial charge in [-0.1, -0.05) is 19.8 Å². The topological polar surface area (TPSA) is 16.8 Å². The van der Waals surface area contributed by atoms with E-state index in [1.807, 2.05) is 12.5 Å². The molecule has 0 spiro atoms. The fraction of sp³-hybridized carbons (Fsp3) is 0.700. The number of nitrogens with one attached hydrogen (secondary N) is 1. The van der Waals surface area contributed by atoms with E-state index < -0.39 is 8.49 Å². The lowest BCUT2D eigenvalue weighted by atomic mass is 10.1. The Balaban J connectivity index is 0.000000437. The van der Waals surface area contributed by atoms with Gasteiger partial charge in [0.25, 0.3) is 0 Å². The third-order valence-corrected chi connectivity index (χ3v) is 2.39. The molecule has 2 nitrogen and oxygen atoms in total. The first-order valence-electron chi connectivity index (χ1n) is 5.78. The normalized spacial score (nSPS) is 20.0. The second-order valence-electron chi connectivity index (χ2n) is 3.99. The minimum absolute atomic E-state index is 0.694. The van der Waals surface area contributed by atoms with Crippen molar-refractivity contribution in [1.29, 1.82) is 0 Å². The quantitative estimate of drug-likeness (QED) is 0.551. The van der Waals surface area contributed by atoms with Crippen LogP contribution >= 0.6 is 44.2 Å². The summed E-state index contributed by atoms with van der Waals surface area (Å²) in [4.78, 5) is 5.47. The molecule has 0 aliphatic carbocycles. The summed E-state index contributed by atoms with van der Waals surface area (Å²) < 4.78 is 0. The van der Waals surface area contributed by atoms with Crippen LogP contribution in [0.2, 0.25) is 0 Å². The molecule has 2 unspecified atom stereocenters. The van der Waals surface area contributed by atoms with Crippen molar-refractivity contribution < 1.29 is 4.90 Å². The predicted molar refractivity (Wildman–Crippen MR) is 84.4 cm³/mol. The molecule has 100 valence electrons. The van der Waals surface area contributed by atoms with E-state index in [2.05, 4.69) is 39.1 Å². The van der Waals surface area contributed by atoms with Crippen LogP contribution < -0.4 is 4.90 Å². The molecule has 1 N–H and O–H groups in total. The number of hydrogen-bond donors (Lipinski definition) is 1. The van der Waals surface area contributed by atoms with Crippen molar-refractivity contribution in [2.45, 2.75) is 45.6 Å². The van der Waals surface area contributed by atoms with Gasteiger partial charge in [0.15, 0.2) is 6.34 Å². The Hall–Kier alpha value is 1.25. The molecule has 0 radical (unpaired) electrons. The molecule has 17 heavy (non-hydrogen) atoms. The number of halogens is 4. The summed E-state index contributed by atoms with van der Waals surface area (Å²) in [5.74, 6) is 0. The van der Waals surface area contributed by atoms with E-state index in [1.54, 1.807) is 0 Å². The van der Waals surface area contributed by atoms with Crippen molar-refractivity contribution in [3.63, 3.8) is 0 Å². The summed E-state index contributed by atoms with van der Waals surface area (Å²) >= 11 is 2.84. The summed E-state index contributed by atoms with van der Waals surface area (Å²) in [6.07, 6.45) is 11.3. The lowest BCUT2D eigenvalue weighted by molar-refractivity contribution is -0.766. The standard InChI is InChI=1S/C10H18N2.Al.BrH.3ClH/c1-3-4-5-6-10(2)12-8-7-11-9-12;;;;;/h7-10H,3-6H2,1-2H3;;4*1H/q;+3;;;;/p-3. The van der Waals surface area contributed by atoms with Gasteiger partial charge in [-0.25, -0.2) is 4.99 Å². The summed E-state index contributed by atoms with van der Waals surface area (Å²) in [6, 6.07) is 0.694. The van der Waals surface area contributed by atoms with Crippen molar-refractivity contribution >= 4 is 59.0 Å². The number of quaternary nitrogens is 1.